The first-order valence-corrected chi connectivity index (χ1v) is 14.1. The van der Waals surface area contributed by atoms with Gasteiger partial charge in [-0.05, 0) is 85.7 Å². The molecule has 3 N–H and O–H groups in total. The van der Waals surface area contributed by atoms with E-state index in [4.69, 9.17) is 19.7 Å². The summed E-state index contributed by atoms with van der Waals surface area (Å²) in [4.78, 5) is 31.7. The number of likely N-dealkylation sites (N-methyl/N-ethyl adjacent to an activating group) is 1. The molecular weight excluding hydrogens is 526 g/mol. The highest BCUT2D eigenvalue weighted by Gasteiger charge is 2.29. The van der Waals surface area contributed by atoms with Crippen LogP contribution in [0.5, 0.6) is 5.75 Å². The number of carbonyl (C=O) groups excluding carboxylic acids is 1. The second-order valence-corrected chi connectivity index (χ2v) is 11.0. The molecule has 0 radical (unpaired) electrons. The number of nitrogens with one attached hydrogen (secondary N) is 3. The number of H-pyrrole nitrogens is 1. The molecular formula is C28H31N9O2S. The summed E-state index contributed by atoms with van der Waals surface area (Å²) in [5.74, 6) is 2.72. The first-order valence-electron chi connectivity index (χ1n) is 13.3. The lowest BCUT2D eigenvalue weighted by atomic mass is 10.1. The summed E-state index contributed by atoms with van der Waals surface area (Å²) in [7, 11) is 3.77. The van der Waals surface area contributed by atoms with E-state index < -0.39 is 0 Å². The number of amides is 1. The van der Waals surface area contributed by atoms with Crippen molar-refractivity contribution >= 4 is 41.1 Å². The quantitative estimate of drug-likeness (QED) is 0.275. The van der Waals surface area contributed by atoms with Gasteiger partial charge in [0, 0.05) is 48.7 Å². The highest BCUT2D eigenvalue weighted by molar-refractivity contribution is 7.99. The van der Waals surface area contributed by atoms with Crippen molar-refractivity contribution in [2.75, 3.05) is 55.9 Å². The fourth-order valence-corrected chi connectivity index (χ4v) is 5.06. The van der Waals surface area contributed by atoms with Crippen molar-refractivity contribution in [2.45, 2.75) is 22.9 Å². The maximum absolute atomic E-state index is 12.1. The third-order valence-electron chi connectivity index (χ3n) is 6.89. The molecule has 0 spiro atoms. The lowest BCUT2D eigenvalue weighted by molar-refractivity contribution is -0.117. The van der Waals surface area contributed by atoms with E-state index in [2.05, 4.69) is 37.7 Å². The zero-order chi connectivity index (χ0) is 27.5. The minimum absolute atomic E-state index is 0.0962. The molecule has 12 heteroatoms. The van der Waals surface area contributed by atoms with Crippen molar-refractivity contribution in [3.8, 4) is 17.0 Å². The Morgan fingerprint density at radius 1 is 1.00 bits per heavy atom. The van der Waals surface area contributed by atoms with Gasteiger partial charge in [-0.3, -0.25) is 9.89 Å². The van der Waals surface area contributed by atoms with Gasteiger partial charge in [0.25, 0.3) is 0 Å². The fourth-order valence-electron chi connectivity index (χ4n) is 4.32. The zero-order valence-corrected chi connectivity index (χ0v) is 23.2. The van der Waals surface area contributed by atoms with Gasteiger partial charge in [0.1, 0.15) is 5.75 Å². The minimum Gasteiger partial charge on any atom is -0.497 e. The lowest BCUT2D eigenvalue weighted by Gasteiger charge is -2.32. The van der Waals surface area contributed by atoms with E-state index in [1.54, 1.807) is 7.11 Å². The van der Waals surface area contributed by atoms with Crippen molar-refractivity contribution in [2.24, 2.45) is 5.92 Å². The molecule has 206 valence electrons. The van der Waals surface area contributed by atoms with E-state index in [0.29, 0.717) is 22.9 Å². The van der Waals surface area contributed by atoms with Crippen LogP contribution in [0.25, 0.3) is 11.3 Å². The maximum Gasteiger partial charge on any atom is 0.234 e. The summed E-state index contributed by atoms with van der Waals surface area (Å²) in [6, 6.07) is 17.4. The van der Waals surface area contributed by atoms with Gasteiger partial charge in [0.05, 0.1) is 12.8 Å². The Labute approximate surface area is 236 Å². The van der Waals surface area contributed by atoms with Crippen LogP contribution >= 0.6 is 11.8 Å². The van der Waals surface area contributed by atoms with Gasteiger partial charge in [-0.2, -0.15) is 20.1 Å². The van der Waals surface area contributed by atoms with Crippen molar-refractivity contribution in [3.63, 3.8) is 0 Å². The van der Waals surface area contributed by atoms with Gasteiger partial charge >= 0.3 is 0 Å². The SMILES string of the molecule is COc1ccc(-c2cc(Nc3nc(Sc4ccc(NC(=O)C5CC5)cc4)nc(N4CCN(C)CC4)n3)n[nH]2)cc1. The predicted octanol–water partition coefficient (Wildman–Crippen LogP) is 4.27. The van der Waals surface area contributed by atoms with Gasteiger partial charge in [-0.25, -0.2) is 0 Å². The van der Waals surface area contributed by atoms with E-state index in [1.165, 1.54) is 11.8 Å². The molecule has 2 aliphatic rings. The van der Waals surface area contributed by atoms with E-state index in [-0.39, 0.29) is 11.8 Å². The number of ether oxygens (including phenoxy) is 1. The van der Waals surface area contributed by atoms with E-state index >= 15 is 0 Å². The smallest absolute Gasteiger partial charge is 0.234 e. The molecule has 1 saturated carbocycles. The first-order chi connectivity index (χ1) is 19.5. The van der Waals surface area contributed by atoms with Crippen molar-refractivity contribution in [1.82, 2.24) is 30.0 Å². The number of carbonyl (C=O) groups is 1. The minimum atomic E-state index is 0.0962. The van der Waals surface area contributed by atoms with Gasteiger partial charge < -0.3 is 25.2 Å². The monoisotopic (exact) mass is 557 g/mol. The van der Waals surface area contributed by atoms with Crippen LogP contribution in [0.1, 0.15) is 12.8 Å². The molecule has 3 heterocycles. The third-order valence-corrected chi connectivity index (χ3v) is 7.76. The second kappa shape index (κ2) is 11.5. The number of piperazine rings is 1. The fraction of sp³-hybridized carbons (Fsp3) is 0.321. The van der Waals surface area contributed by atoms with Crippen molar-refractivity contribution in [3.05, 3.63) is 54.6 Å². The van der Waals surface area contributed by atoms with Crippen LogP contribution in [0.3, 0.4) is 0 Å². The highest BCUT2D eigenvalue weighted by Crippen LogP contribution is 2.32. The van der Waals surface area contributed by atoms with Crippen LogP contribution in [-0.4, -0.2) is 76.3 Å². The number of benzene rings is 2. The largest absolute Gasteiger partial charge is 0.497 e. The van der Waals surface area contributed by atoms with E-state index in [0.717, 1.165) is 66.6 Å². The average Bonchev–Trinajstić information content (AvgIpc) is 3.73. The molecule has 1 aliphatic carbocycles. The predicted molar refractivity (Wildman–Crippen MR) is 155 cm³/mol. The second-order valence-electron chi connectivity index (χ2n) is 9.94. The summed E-state index contributed by atoms with van der Waals surface area (Å²) in [5, 5.41) is 14.3. The van der Waals surface area contributed by atoms with E-state index in [1.807, 2.05) is 54.6 Å². The number of methoxy groups -OCH3 is 1. The average molecular weight is 558 g/mol. The zero-order valence-electron chi connectivity index (χ0n) is 22.4. The molecule has 2 aromatic carbocycles. The van der Waals surface area contributed by atoms with E-state index in [9.17, 15) is 4.79 Å². The Bertz CT molecular complexity index is 1460. The molecule has 0 atom stereocenters. The first kappa shape index (κ1) is 26.1. The Hall–Kier alpha value is -4.16. The molecule has 6 rings (SSSR count). The number of rotatable bonds is 9. The Morgan fingerprint density at radius 3 is 2.45 bits per heavy atom. The van der Waals surface area contributed by atoms with Crippen molar-refractivity contribution < 1.29 is 9.53 Å². The molecule has 11 nitrogen and oxygen atoms in total. The molecule has 2 fully saturated rings. The normalized spacial score (nSPS) is 15.6. The summed E-state index contributed by atoms with van der Waals surface area (Å²) >= 11 is 1.45. The number of nitrogens with zero attached hydrogens (tertiary/aromatic N) is 6. The summed E-state index contributed by atoms with van der Waals surface area (Å²) < 4.78 is 5.26. The number of hydrogen-bond acceptors (Lipinski definition) is 10. The van der Waals surface area contributed by atoms with Crippen molar-refractivity contribution in [1.29, 1.82) is 0 Å². The summed E-state index contributed by atoms with van der Waals surface area (Å²) in [6.07, 6.45) is 1.96. The van der Waals surface area contributed by atoms with Crippen LogP contribution in [0.4, 0.5) is 23.4 Å². The molecule has 1 aliphatic heterocycles. The van der Waals surface area contributed by atoms with Gasteiger partial charge in [0.2, 0.25) is 17.8 Å². The standard InChI is InChI=1S/C28H31N9O2S/c1-36-13-15-37(16-14-36)27-31-26(30-24-17-23(34-35-24)18-5-9-21(39-2)10-6-18)32-28(33-27)40-22-11-7-20(8-12-22)29-25(38)19-3-4-19/h5-12,17,19H,3-4,13-16H2,1-2H3,(H,29,38)(H2,30,31,32,33,34,35). The molecule has 40 heavy (non-hydrogen) atoms. The maximum atomic E-state index is 12.1. The molecule has 4 aromatic rings. The Kier molecular flexibility index (Phi) is 7.51. The Morgan fingerprint density at radius 2 is 1.75 bits per heavy atom. The highest BCUT2D eigenvalue weighted by atomic mass is 32.2. The number of aromatic nitrogens is 5. The summed E-state index contributed by atoms with van der Waals surface area (Å²) in [5.41, 5.74) is 2.65. The lowest BCUT2D eigenvalue weighted by Crippen LogP contribution is -2.45. The van der Waals surface area contributed by atoms with Gasteiger partial charge in [0.15, 0.2) is 11.0 Å². The Balaban J connectivity index is 1.21. The third kappa shape index (κ3) is 6.35. The molecule has 2 aromatic heterocycles. The molecule has 1 saturated heterocycles. The topological polar surface area (TPSA) is 124 Å². The number of aromatic amines is 1. The van der Waals surface area contributed by atoms with Gasteiger partial charge in [-0.15, -0.1) is 0 Å². The number of anilines is 4. The molecule has 0 bridgehead atoms. The summed E-state index contributed by atoms with van der Waals surface area (Å²) in [6.45, 7) is 3.55. The van der Waals surface area contributed by atoms with Crippen LogP contribution in [-0.2, 0) is 4.79 Å². The van der Waals surface area contributed by atoms with Gasteiger partial charge in [-0.1, -0.05) is 0 Å². The molecule has 1 amide bonds. The van der Waals surface area contributed by atoms with Crippen LogP contribution in [0.15, 0.2) is 64.6 Å². The molecule has 0 unspecified atom stereocenters. The van der Waals surface area contributed by atoms with Crippen LogP contribution in [0.2, 0.25) is 0 Å². The van der Waals surface area contributed by atoms with Crippen LogP contribution < -0.4 is 20.3 Å². The van der Waals surface area contributed by atoms with Crippen LogP contribution in [0, 0.1) is 5.92 Å². The number of hydrogen-bond donors (Lipinski definition) is 3.